The van der Waals surface area contributed by atoms with Gasteiger partial charge in [-0.05, 0) is 24.7 Å². The second kappa shape index (κ2) is 19.3. The quantitative estimate of drug-likeness (QED) is 0.176. The van der Waals surface area contributed by atoms with Crippen LogP contribution in [-0.4, -0.2) is 25.2 Å². The predicted octanol–water partition coefficient (Wildman–Crippen LogP) is 6.85. The monoisotopic (exact) mass is 398 g/mol. The molecular weight excluding hydrogens is 352 g/mol. The minimum absolute atomic E-state index is 0.0389. The molecular formula is C24H46O4. The largest absolute Gasteiger partial charge is 0.465 e. The second-order valence-corrected chi connectivity index (χ2v) is 8.06. The van der Waals surface area contributed by atoms with Gasteiger partial charge in [0.1, 0.15) is 0 Å². The Balaban J connectivity index is 3.39. The molecule has 4 nitrogen and oxygen atoms in total. The average molecular weight is 399 g/mol. The number of esters is 2. The van der Waals surface area contributed by atoms with Crippen LogP contribution in [0.15, 0.2) is 0 Å². The molecule has 0 heterocycles. The van der Waals surface area contributed by atoms with Gasteiger partial charge in [-0.25, -0.2) is 0 Å². The van der Waals surface area contributed by atoms with Crippen LogP contribution in [0, 0.1) is 11.8 Å². The highest BCUT2D eigenvalue weighted by Gasteiger charge is 2.09. The van der Waals surface area contributed by atoms with Gasteiger partial charge in [0.15, 0.2) is 0 Å². The normalized spacial score (nSPS) is 11.2. The first-order valence-electron chi connectivity index (χ1n) is 11.9. The van der Waals surface area contributed by atoms with Crippen LogP contribution in [0.2, 0.25) is 0 Å². The molecule has 0 aromatic carbocycles. The van der Waals surface area contributed by atoms with E-state index in [-0.39, 0.29) is 11.9 Å². The molecule has 0 fully saturated rings. The third-order valence-corrected chi connectivity index (χ3v) is 5.78. The highest BCUT2D eigenvalue weighted by molar-refractivity contribution is 5.69. The van der Waals surface area contributed by atoms with Crippen molar-refractivity contribution in [3.8, 4) is 0 Å². The lowest BCUT2D eigenvalue weighted by Gasteiger charge is -2.12. The van der Waals surface area contributed by atoms with Crippen molar-refractivity contribution in [2.45, 2.75) is 118 Å². The van der Waals surface area contributed by atoms with Crippen molar-refractivity contribution in [1.29, 1.82) is 0 Å². The van der Waals surface area contributed by atoms with Crippen LogP contribution >= 0.6 is 0 Å². The summed E-state index contributed by atoms with van der Waals surface area (Å²) >= 11 is 0. The van der Waals surface area contributed by atoms with E-state index < -0.39 is 0 Å². The molecule has 0 rings (SSSR count). The summed E-state index contributed by atoms with van der Waals surface area (Å²) in [7, 11) is 0. The number of unbranched alkanes of at least 4 members (excludes halogenated alkanes) is 7. The lowest BCUT2D eigenvalue weighted by molar-refractivity contribution is -0.146. The highest BCUT2D eigenvalue weighted by Crippen LogP contribution is 2.13. The first-order valence-corrected chi connectivity index (χ1v) is 11.9. The Morgan fingerprint density at radius 2 is 0.821 bits per heavy atom. The summed E-state index contributed by atoms with van der Waals surface area (Å²) in [5, 5.41) is 0. The van der Waals surface area contributed by atoms with Crippen LogP contribution < -0.4 is 0 Å². The van der Waals surface area contributed by atoms with Crippen LogP contribution in [0.3, 0.4) is 0 Å². The fourth-order valence-electron chi connectivity index (χ4n) is 3.21. The van der Waals surface area contributed by atoms with E-state index >= 15 is 0 Å². The molecule has 0 aromatic rings. The van der Waals surface area contributed by atoms with Crippen molar-refractivity contribution < 1.29 is 19.1 Å². The summed E-state index contributed by atoms with van der Waals surface area (Å²) in [4.78, 5) is 23.4. The zero-order valence-electron chi connectivity index (χ0n) is 19.1. The van der Waals surface area contributed by atoms with E-state index in [0.717, 1.165) is 51.4 Å². The molecule has 4 heteroatoms. The summed E-state index contributed by atoms with van der Waals surface area (Å²) in [6, 6.07) is 0. The molecule has 0 aliphatic heterocycles. The van der Waals surface area contributed by atoms with E-state index in [1.807, 2.05) is 0 Å². The highest BCUT2D eigenvalue weighted by atomic mass is 16.5. The molecule has 0 aromatic heterocycles. The predicted molar refractivity (Wildman–Crippen MR) is 116 cm³/mol. The van der Waals surface area contributed by atoms with Gasteiger partial charge in [-0.1, -0.05) is 91.9 Å². The maximum Gasteiger partial charge on any atom is 0.305 e. The van der Waals surface area contributed by atoms with Crippen molar-refractivity contribution in [3.63, 3.8) is 0 Å². The van der Waals surface area contributed by atoms with Crippen molar-refractivity contribution >= 4 is 11.9 Å². The fourth-order valence-corrected chi connectivity index (χ4v) is 3.21. The van der Waals surface area contributed by atoms with Gasteiger partial charge in [0.2, 0.25) is 0 Å². The van der Waals surface area contributed by atoms with Gasteiger partial charge in [-0.15, -0.1) is 0 Å². The van der Waals surface area contributed by atoms with Crippen LogP contribution in [0.1, 0.15) is 118 Å². The molecule has 0 saturated carbocycles. The first-order chi connectivity index (χ1) is 13.6. The van der Waals surface area contributed by atoms with Crippen LogP contribution in [-0.2, 0) is 19.1 Å². The second-order valence-electron chi connectivity index (χ2n) is 8.06. The van der Waals surface area contributed by atoms with Crippen molar-refractivity contribution in [2.24, 2.45) is 11.8 Å². The molecule has 0 amide bonds. The Labute approximate surface area is 174 Å². The molecule has 0 saturated heterocycles. The number of ether oxygens (including phenoxy) is 2. The Bertz CT molecular complexity index is 337. The molecule has 0 N–H and O–H groups in total. The number of hydrogen-bond acceptors (Lipinski definition) is 4. The standard InChI is InChI=1S/C24H46O4/c1-5-21(6-2)19-27-23(25)17-15-13-11-9-10-12-14-16-18-24(26)28-20-22(7-3)8-4/h21-22H,5-20H2,1-4H3. The van der Waals surface area contributed by atoms with Gasteiger partial charge in [-0.2, -0.15) is 0 Å². The van der Waals surface area contributed by atoms with E-state index in [1.165, 1.54) is 25.7 Å². The number of rotatable bonds is 19. The zero-order chi connectivity index (χ0) is 21.0. The number of hydrogen-bond donors (Lipinski definition) is 0. The van der Waals surface area contributed by atoms with E-state index in [1.54, 1.807) is 0 Å². The van der Waals surface area contributed by atoms with Gasteiger partial charge >= 0.3 is 11.9 Å². The van der Waals surface area contributed by atoms with E-state index in [2.05, 4.69) is 27.7 Å². The molecule has 0 radical (unpaired) electrons. The van der Waals surface area contributed by atoms with Gasteiger partial charge in [0.05, 0.1) is 13.2 Å². The smallest absolute Gasteiger partial charge is 0.305 e. The lowest BCUT2D eigenvalue weighted by atomic mass is 10.1. The molecule has 0 unspecified atom stereocenters. The van der Waals surface area contributed by atoms with Crippen LogP contribution in [0.25, 0.3) is 0 Å². The average Bonchev–Trinajstić information content (AvgIpc) is 2.70. The Morgan fingerprint density at radius 3 is 1.11 bits per heavy atom. The summed E-state index contributed by atoms with van der Waals surface area (Å²) in [5.41, 5.74) is 0. The molecule has 0 aliphatic rings. The summed E-state index contributed by atoms with van der Waals surface area (Å²) < 4.78 is 10.7. The van der Waals surface area contributed by atoms with Crippen LogP contribution in [0.5, 0.6) is 0 Å². The van der Waals surface area contributed by atoms with Gasteiger partial charge in [0, 0.05) is 12.8 Å². The van der Waals surface area contributed by atoms with Gasteiger partial charge in [-0.3, -0.25) is 9.59 Å². The van der Waals surface area contributed by atoms with Gasteiger partial charge in [0.25, 0.3) is 0 Å². The third kappa shape index (κ3) is 15.9. The molecule has 166 valence electrons. The number of carbonyl (C=O) groups is 2. The van der Waals surface area contributed by atoms with Crippen molar-refractivity contribution in [3.05, 3.63) is 0 Å². The molecule has 0 atom stereocenters. The fraction of sp³-hybridized carbons (Fsp3) is 0.917. The lowest BCUT2D eigenvalue weighted by Crippen LogP contribution is -2.12. The Hall–Kier alpha value is -1.06. The van der Waals surface area contributed by atoms with E-state index in [9.17, 15) is 9.59 Å². The summed E-state index contributed by atoms with van der Waals surface area (Å²) in [6.45, 7) is 9.73. The van der Waals surface area contributed by atoms with Gasteiger partial charge < -0.3 is 9.47 Å². The maximum atomic E-state index is 11.7. The zero-order valence-corrected chi connectivity index (χ0v) is 19.1. The Kier molecular flexibility index (Phi) is 18.5. The SMILES string of the molecule is CCC(CC)COC(=O)CCCCCCCCCCC(=O)OCC(CC)CC. The maximum absolute atomic E-state index is 11.7. The molecule has 0 bridgehead atoms. The van der Waals surface area contributed by atoms with Crippen molar-refractivity contribution in [1.82, 2.24) is 0 Å². The van der Waals surface area contributed by atoms with Crippen molar-refractivity contribution in [2.75, 3.05) is 13.2 Å². The minimum atomic E-state index is -0.0389. The molecule has 0 spiro atoms. The number of carbonyl (C=O) groups excluding carboxylic acids is 2. The molecule has 0 aliphatic carbocycles. The van der Waals surface area contributed by atoms with E-state index in [0.29, 0.717) is 37.9 Å². The van der Waals surface area contributed by atoms with Crippen LogP contribution in [0.4, 0.5) is 0 Å². The summed E-state index contributed by atoms with van der Waals surface area (Å²) in [5.74, 6) is 0.941. The van der Waals surface area contributed by atoms with E-state index in [4.69, 9.17) is 9.47 Å². The topological polar surface area (TPSA) is 52.6 Å². The molecule has 28 heavy (non-hydrogen) atoms. The first kappa shape index (κ1) is 26.9. The minimum Gasteiger partial charge on any atom is -0.465 e. The Morgan fingerprint density at radius 1 is 0.536 bits per heavy atom. The third-order valence-electron chi connectivity index (χ3n) is 5.78. The summed E-state index contributed by atoms with van der Waals surface area (Å²) in [6.07, 6.45) is 14.2.